The van der Waals surface area contributed by atoms with Crippen molar-refractivity contribution >= 4 is 17.3 Å². The molecule has 0 radical (unpaired) electrons. The zero-order valence-corrected chi connectivity index (χ0v) is 11.6. The van der Waals surface area contributed by atoms with Gasteiger partial charge in [0.15, 0.2) is 0 Å². The first-order valence-electron chi connectivity index (χ1n) is 6.24. The van der Waals surface area contributed by atoms with Gasteiger partial charge in [-0.15, -0.1) is 0 Å². The van der Waals surface area contributed by atoms with Crippen LogP contribution < -0.4 is 5.32 Å². The van der Waals surface area contributed by atoms with Gasteiger partial charge in [-0.1, -0.05) is 0 Å². The lowest BCUT2D eigenvalue weighted by molar-refractivity contribution is -0.384. The molecule has 2 N–H and O–H groups in total. The molecule has 0 spiro atoms. The number of aryl methyl sites for hydroxylation is 2. The van der Waals surface area contributed by atoms with Crippen LogP contribution in [0.15, 0.2) is 36.4 Å². The number of phenolic OH excluding ortho intramolecular Hbond substituents is 1. The molecule has 1 amide bonds. The summed E-state index contributed by atoms with van der Waals surface area (Å²) < 4.78 is 0. The summed E-state index contributed by atoms with van der Waals surface area (Å²) in [6.07, 6.45) is 0. The smallest absolute Gasteiger partial charge is 0.269 e. The fourth-order valence-electron chi connectivity index (χ4n) is 1.99. The molecule has 0 saturated heterocycles. The molecule has 0 aromatic heterocycles. The number of carbonyl (C=O) groups is 1. The van der Waals surface area contributed by atoms with Crippen LogP contribution in [-0.4, -0.2) is 15.9 Å². The lowest BCUT2D eigenvalue weighted by Crippen LogP contribution is -2.14. The van der Waals surface area contributed by atoms with Crippen LogP contribution in [0.2, 0.25) is 0 Å². The molecule has 6 nitrogen and oxygen atoms in total. The third-order valence-corrected chi connectivity index (χ3v) is 3.12. The molecule has 0 saturated carbocycles. The van der Waals surface area contributed by atoms with Gasteiger partial charge in [0, 0.05) is 23.4 Å². The Morgan fingerprint density at radius 1 is 1.14 bits per heavy atom. The summed E-state index contributed by atoms with van der Waals surface area (Å²) in [6.45, 7) is 3.41. The number of hydrogen-bond acceptors (Lipinski definition) is 4. The first kappa shape index (κ1) is 14.5. The van der Waals surface area contributed by atoms with Gasteiger partial charge >= 0.3 is 0 Å². The number of hydrogen-bond donors (Lipinski definition) is 2. The molecular weight excluding hydrogens is 272 g/mol. The standard InChI is InChI=1S/C15H14N2O4/c1-9-7-11(17(20)21)3-5-13(9)15(19)16-14-6-4-12(18)8-10(14)2/h3-8,18H,1-2H3,(H,16,19). The van der Waals surface area contributed by atoms with Crippen LogP contribution in [0.5, 0.6) is 5.75 Å². The van der Waals surface area contributed by atoms with Gasteiger partial charge in [-0.2, -0.15) is 0 Å². The molecule has 2 aromatic rings. The Balaban J connectivity index is 2.26. The average Bonchev–Trinajstić information content (AvgIpc) is 2.41. The molecule has 0 bridgehead atoms. The molecule has 2 aromatic carbocycles. The predicted molar refractivity (Wildman–Crippen MR) is 78.6 cm³/mol. The first-order chi connectivity index (χ1) is 9.88. The topological polar surface area (TPSA) is 92.5 Å². The molecule has 0 heterocycles. The zero-order valence-electron chi connectivity index (χ0n) is 11.6. The highest BCUT2D eigenvalue weighted by Gasteiger charge is 2.14. The second-order valence-electron chi connectivity index (χ2n) is 4.71. The van der Waals surface area contributed by atoms with Crippen LogP contribution >= 0.6 is 0 Å². The summed E-state index contributed by atoms with van der Waals surface area (Å²) >= 11 is 0. The SMILES string of the molecule is Cc1cc(O)ccc1NC(=O)c1ccc([N+](=O)[O-])cc1C. The van der Waals surface area contributed by atoms with Crippen LogP contribution in [0, 0.1) is 24.0 Å². The summed E-state index contributed by atoms with van der Waals surface area (Å²) in [5.74, 6) is -0.229. The number of rotatable bonds is 3. The fourth-order valence-corrected chi connectivity index (χ4v) is 1.99. The molecule has 0 aliphatic heterocycles. The molecule has 21 heavy (non-hydrogen) atoms. The van der Waals surface area contributed by atoms with Crippen molar-refractivity contribution in [3.05, 3.63) is 63.2 Å². The van der Waals surface area contributed by atoms with Gasteiger partial charge in [0.25, 0.3) is 11.6 Å². The molecule has 0 fully saturated rings. The number of phenols is 1. The van der Waals surface area contributed by atoms with Crippen LogP contribution in [0.25, 0.3) is 0 Å². The molecule has 2 rings (SSSR count). The van der Waals surface area contributed by atoms with E-state index in [-0.39, 0.29) is 17.3 Å². The Kier molecular flexibility index (Phi) is 3.89. The van der Waals surface area contributed by atoms with E-state index in [2.05, 4.69) is 5.32 Å². The van der Waals surface area contributed by atoms with Crippen molar-refractivity contribution in [3.63, 3.8) is 0 Å². The highest BCUT2D eigenvalue weighted by atomic mass is 16.6. The van der Waals surface area contributed by atoms with Crippen molar-refractivity contribution < 1.29 is 14.8 Å². The molecule has 0 aliphatic carbocycles. The molecule has 0 aliphatic rings. The summed E-state index contributed by atoms with van der Waals surface area (Å²) in [4.78, 5) is 22.4. The number of nitro benzene ring substituents is 1. The molecular formula is C15H14N2O4. The molecule has 0 atom stereocenters. The second-order valence-corrected chi connectivity index (χ2v) is 4.71. The molecule has 108 valence electrons. The van der Waals surface area contributed by atoms with Gasteiger partial charge < -0.3 is 10.4 Å². The van der Waals surface area contributed by atoms with Crippen LogP contribution in [0.4, 0.5) is 11.4 Å². The number of nitro groups is 1. The Bertz CT molecular complexity index is 726. The van der Waals surface area contributed by atoms with Gasteiger partial charge in [0.2, 0.25) is 0 Å². The lowest BCUT2D eigenvalue weighted by atomic mass is 10.1. The zero-order chi connectivity index (χ0) is 15.6. The quantitative estimate of drug-likeness (QED) is 0.515. The third kappa shape index (κ3) is 3.17. The minimum absolute atomic E-state index is 0.0511. The number of carbonyl (C=O) groups excluding carboxylic acids is 1. The molecule has 0 unspecified atom stereocenters. The van der Waals surface area contributed by atoms with Crippen molar-refractivity contribution in [2.75, 3.05) is 5.32 Å². The Morgan fingerprint density at radius 3 is 2.43 bits per heavy atom. The minimum atomic E-state index is -0.501. The lowest BCUT2D eigenvalue weighted by Gasteiger charge is -2.10. The van der Waals surface area contributed by atoms with Crippen LogP contribution in [0.3, 0.4) is 0 Å². The van der Waals surface area contributed by atoms with E-state index in [4.69, 9.17) is 0 Å². The van der Waals surface area contributed by atoms with E-state index in [1.54, 1.807) is 19.9 Å². The highest BCUT2D eigenvalue weighted by molar-refractivity contribution is 6.05. The van der Waals surface area contributed by atoms with E-state index in [1.807, 2.05) is 0 Å². The van der Waals surface area contributed by atoms with Crippen LogP contribution in [-0.2, 0) is 0 Å². The summed E-state index contributed by atoms with van der Waals surface area (Å²) in [5, 5.41) is 22.7. The predicted octanol–water partition coefficient (Wildman–Crippen LogP) is 3.17. The number of nitrogens with one attached hydrogen (secondary N) is 1. The average molecular weight is 286 g/mol. The highest BCUT2D eigenvalue weighted by Crippen LogP contribution is 2.22. The van der Waals surface area contributed by atoms with E-state index in [0.717, 1.165) is 5.56 Å². The summed E-state index contributed by atoms with van der Waals surface area (Å²) in [5.41, 5.74) is 2.15. The van der Waals surface area contributed by atoms with Crippen molar-refractivity contribution in [1.82, 2.24) is 0 Å². The Morgan fingerprint density at radius 2 is 1.86 bits per heavy atom. The van der Waals surface area contributed by atoms with Gasteiger partial charge in [0.1, 0.15) is 5.75 Å². The van der Waals surface area contributed by atoms with Gasteiger partial charge in [-0.3, -0.25) is 14.9 Å². The van der Waals surface area contributed by atoms with Crippen molar-refractivity contribution in [2.24, 2.45) is 0 Å². The number of anilines is 1. The van der Waals surface area contributed by atoms with Gasteiger partial charge in [-0.25, -0.2) is 0 Å². The minimum Gasteiger partial charge on any atom is -0.508 e. The number of nitrogens with zero attached hydrogens (tertiary/aromatic N) is 1. The number of benzene rings is 2. The largest absolute Gasteiger partial charge is 0.508 e. The van der Waals surface area contributed by atoms with Crippen LogP contribution in [0.1, 0.15) is 21.5 Å². The maximum absolute atomic E-state index is 12.2. The third-order valence-electron chi connectivity index (χ3n) is 3.12. The maximum atomic E-state index is 12.2. The summed E-state index contributed by atoms with van der Waals surface area (Å²) in [7, 11) is 0. The monoisotopic (exact) mass is 286 g/mol. The number of aromatic hydroxyl groups is 1. The van der Waals surface area contributed by atoms with Crippen molar-refractivity contribution in [2.45, 2.75) is 13.8 Å². The number of amides is 1. The first-order valence-corrected chi connectivity index (χ1v) is 6.24. The van der Waals surface area contributed by atoms with E-state index >= 15 is 0 Å². The molecule has 6 heteroatoms. The van der Waals surface area contributed by atoms with E-state index in [9.17, 15) is 20.0 Å². The number of non-ortho nitro benzene ring substituents is 1. The van der Waals surface area contributed by atoms with Crippen molar-refractivity contribution in [3.8, 4) is 5.75 Å². The fraction of sp³-hybridized carbons (Fsp3) is 0.133. The second kappa shape index (κ2) is 5.62. The van der Waals surface area contributed by atoms with Gasteiger partial charge in [-0.05, 0) is 49.2 Å². The van der Waals surface area contributed by atoms with E-state index in [1.165, 1.54) is 30.3 Å². The summed E-state index contributed by atoms with van der Waals surface area (Å²) in [6, 6.07) is 8.70. The maximum Gasteiger partial charge on any atom is 0.269 e. The van der Waals surface area contributed by atoms with Gasteiger partial charge in [0.05, 0.1) is 4.92 Å². The van der Waals surface area contributed by atoms with E-state index in [0.29, 0.717) is 16.8 Å². The van der Waals surface area contributed by atoms with Crippen molar-refractivity contribution in [1.29, 1.82) is 0 Å². The van der Waals surface area contributed by atoms with E-state index < -0.39 is 4.92 Å². The Hall–Kier alpha value is -2.89. The normalized spacial score (nSPS) is 10.2. The Labute approximate surface area is 121 Å².